The third-order valence-electron chi connectivity index (χ3n) is 3.98. The Balaban J connectivity index is 2.70. The van der Waals surface area contributed by atoms with Crippen LogP contribution in [0.4, 0.5) is 4.48 Å². The van der Waals surface area contributed by atoms with E-state index in [1.165, 1.54) is 44.7 Å². The molecule has 0 unspecified atom stereocenters. The number of hydrogen-bond acceptors (Lipinski definition) is 0. The molecule has 18 heavy (non-hydrogen) atoms. The van der Waals surface area contributed by atoms with Gasteiger partial charge in [-0.25, -0.2) is 0 Å². The number of nitrogens with zero attached hydrogens (tertiary/aromatic N) is 1. The molecule has 1 aromatic heterocycles. The summed E-state index contributed by atoms with van der Waals surface area (Å²) >= 11 is 0. The average Bonchev–Trinajstić information content (AvgIpc) is 2.77. The van der Waals surface area contributed by atoms with E-state index in [-0.39, 0.29) is 5.41 Å². The fraction of sp³-hybridized carbons (Fsp3) is 0.750. The number of halogens is 1. The van der Waals surface area contributed by atoms with Gasteiger partial charge in [-0.2, -0.15) is 4.79 Å². The van der Waals surface area contributed by atoms with E-state index in [2.05, 4.69) is 20.8 Å². The fourth-order valence-corrected chi connectivity index (χ4v) is 2.73. The maximum absolute atomic E-state index is 13.8. The Hall–Kier alpha value is -0.790. The van der Waals surface area contributed by atoms with Crippen LogP contribution in [-0.4, -0.2) is 4.79 Å². The van der Waals surface area contributed by atoms with Crippen molar-refractivity contribution in [2.75, 3.05) is 0 Å². The molecule has 0 atom stereocenters. The first kappa shape index (κ1) is 15.3. The second kappa shape index (κ2) is 7.60. The molecule has 104 valence electrons. The maximum Gasteiger partial charge on any atom is 0.0573 e. The molecule has 0 saturated heterocycles. The molecule has 2 heteroatoms. The smallest absolute Gasteiger partial charge is 0.0573 e. The summed E-state index contributed by atoms with van der Waals surface area (Å²) < 4.78 is 13.8. The number of aromatic nitrogens is 1. The lowest BCUT2D eigenvalue weighted by Crippen LogP contribution is -2.24. The van der Waals surface area contributed by atoms with Crippen molar-refractivity contribution < 1.29 is 4.48 Å². The van der Waals surface area contributed by atoms with Crippen LogP contribution in [0.2, 0.25) is 0 Å². The molecule has 1 heterocycles. The van der Waals surface area contributed by atoms with Crippen LogP contribution in [0.25, 0.3) is 0 Å². The van der Waals surface area contributed by atoms with E-state index in [0.29, 0.717) is 0 Å². The predicted octanol–water partition coefficient (Wildman–Crippen LogP) is 5.64. The van der Waals surface area contributed by atoms with Gasteiger partial charge < -0.3 is 0 Å². The quantitative estimate of drug-likeness (QED) is 0.502. The Morgan fingerprint density at radius 3 is 2.00 bits per heavy atom. The van der Waals surface area contributed by atoms with Crippen LogP contribution in [-0.2, 0) is 5.41 Å². The second-order valence-corrected chi connectivity index (χ2v) is 5.68. The van der Waals surface area contributed by atoms with Crippen LogP contribution < -0.4 is 0 Å². The van der Waals surface area contributed by atoms with Gasteiger partial charge in [0.25, 0.3) is 0 Å². The number of hydrogen-bond donors (Lipinski definition) is 0. The zero-order valence-electron chi connectivity index (χ0n) is 12.2. The SMILES string of the molecule is CCCCCC(C)(CCCCC)c1cccn1F. The summed E-state index contributed by atoms with van der Waals surface area (Å²) in [5.41, 5.74) is 0.859. The molecule has 0 aliphatic carbocycles. The lowest BCUT2D eigenvalue weighted by Gasteiger charge is -2.29. The molecular weight excluding hydrogens is 225 g/mol. The summed E-state index contributed by atoms with van der Waals surface area (Å²) in [5.74, 6) is 0. The number of unbranched alkanes of at least 4 members (excludes halogenated alkanes) is 4. The normalized spacial score (nSPS) is 12.0. The molecule has 0 aliphatic heterocycles. The van der Waals surface area contributed by atoms with Gasteiger partial charge in [0.05, 0.1) is 5.69 Å². The fourth-order valence-electron chi connectivity index (χ4n) is 2.73. The first-order valence-corrected chi connectivity index (χ1v) is 7.48. The van der Waals surface area contributed by atoms with Gasteiger partial charge in [-0.15, -0.1) is 0 Å². The average molecular weight is 253 g/mol. The number of rotatable bonds is 9. The van der Waals surface area contributed by atoms with Gasteiger partial charge in [0.15, 0.2) is 0 Å². The van der Waals surface area contributed by atoms with E-state index in [4.69, 9.17) is 0 Å². The van der Waals surface area contributed by atoms with Crippen molar-refractivity contribution in [1.29, 1.82) is 0 Å². The highest BCUT2D eigenvalue weighted by Gasteiger charge is 2.28. The van der Waals surface area contributed by atoms with Gasteiger partial charge in [-0.1, -0.05) is 63.8 Å². The van der Waals surface area contributed by atoms with E-state index < -0.39 is 0 Å². The highest BCUT2D eigenvalue weighted by molar-refractivity contribution is 5.17. The Labute approximate surface area is 111 Å². The molecule has 0 aliphatic rings. The van der Waals surface area contributed by atoms with Crippen LogP contribution >= 0.6 is 0 Å². The monoisotopic (exact) mass is 253 g/mol. The summed E-state index contributed by atoms with van der Waals surface area (Å²) in [7, 11) is 0. The Morgan fingerprint density at radius 2 is 1.61 bits per heavy atom. The molecule has 0 fully saturated rings. The van der Waals surface area contributed by atoms with Crippen LogP contribution in [0.15, 0.2) is 18.3 Å². The minimum Gasteiger partial charge on any atom is -0.191 e. The van der Waals surface area contributed by atoms with Gasteiger partial charge in [0, 0.05) is 11.6 Å². The first-order chi connectivity index (χ1) is 8.64. The summed E-state index contributed by atoms with van der Waals surface area (Å²) in [6, 6.07) is 3.76. The molecule has 0 spiro atoms. The molecule has 1 nitrogen and oxygen atoms in total. The van der Waals surface area contributed by atoms with Gasteiger partial charge in [0.2, 0.25) is 0 Å². The van der Waals surface area contributed by atoms with Gasteiger partial charge >= 0.3 is 0 Å². The van der Waals surface area contributed by atoms with Crippen LogP contribution in [0.3, 0.4) is 0 Å². The largest absolute Gasteiger partial charge is 0.191 e. The summed E-state index contributed by atoms with van der Waals surface area (Å²) in [6.45, 7) is 6.66. The molecule has 0 saturated carbocycles. The van der Waals surface area contributed by atoms with Crippen molar-refractivity contribution >= 4 is 0 Å². The molecule has 0 amide bonds. The van der Waals surface area contributed by atoms with Gasteiger partial charge in [-0.05, 0) is 25.0 Å². The van der Waals surface area contributed by atoms with Crippen molar-refractivity contribution in [3.05, 3.63) is 24.0 Å². The Bertz CT molecular complexity index is 320. The highest BCUT2D eigenvalue weighted by atomic mass is 19.2. The van der Waals surface area contributed by atoms with E-state index >= 15 is 0 Å². The van der Waals surface area contributed by atoms with Crippen LogP contribution in [0, 0.1) is 0 Å². The topological polar surface area (TPSA) is 4.93 Å². The minimum atomic E-state index is 0.00257. The summed E-state index contributed by atoms with van der Waals surface area (Å²) in [6.07, 6.45) is 11.1. The molecular formula is C16H28FN. The zero-order chi connectivity index (χ0) is 13.4. The lowest BCUT2D eigenvalue weighted by atomic mass is 9.77. The van der Waals surface area contributed by atoms with Crippen molar-refractivity contribution in [1.82, 2.24) is 4.79 Å². The lowest BCUT2D eigenvalue weighted by molar-refractivity contribution is 0.281. The summed E-state index contributed by atoms with van der Waals surface area (Å²) in [4.78, 5) is 0.817. The van der Waals surface area contributed by atoms with E-state index in [9.17, 15) is 4.48 Å². The predicted molar refractivity (Wildman–Crippen MR) is 76.6 cm³/mol. The van der Waals surface area contributed by atoms with E-state index in [0.717, 1.165) is 23.3 Å². The van der Waals surface area contributed by atoms with Crippen molar-refractivity contribution in [2.45, 2.75) is 77.6 Å². The van der Waals surface area contributed by atoms with Crippen LogP contribution in [0.1, 0.15) is 77.8 Å². The van der Waals surface area contributed by atoms with Crippen molar-refractivity contribution in [3.8, 4) is 0 Å². The third-order valence-corrected chi connectivity index (χ3v) is 3.98. The third kappa shape index (κ3) is 4.15. The molecule has 0 radical (unpaired) electrons. The minimum absolute atomic E-state index is 0.00257. The molecule has 0 N–H and O–H groups in total. The van der Waals surface area contributed by atoms with E-state index in [1.807, 2.05) is 12.1 Å². The molecule has 0 aromatic carbocycles. The van der Waals surface area contributed by atoms with Crippen molar-refractivity contribution in [3.63, 3.8) is 0 Å². The maximum atomic E-state index is 13.8. The Kier molecular flexibility index (Phi) is 6.45. The standard InChI is InChI=1S/C16H28FN/c1-4-6-8-12-16(3,13-9-7-5-2)15-11-10-14-18(15)17/h10-11,14H,4-9,12-13H2,1-3H3. The Morgan fingerprint density at radius 1 is 1.06 bits per heavy atom. The van der Waals surface area contributed by atoms with Gasteiger partial charge in [0.1, 0.15) is 0 Å². The van der Waals surface area contributed by atoms with Gasteiger partial charge in [-0.3, -0.25) is 0 Å². The molecule has 0 bridgehead atoms. The molecule has 1 rings (SSSR count). The second-order valence-electron chi connectivity index (χ2n) is 5.68. The van der Waals surface area contributed by atoms with E-state index in [1.54, 1.807) is 0 Å². The zero-order valence-corrected chi connectivity index (χ0v) is 12.2. The van der Waals surface area contributed by atoms with Crippen LogP contribution in [0.5, 0.6) is 0 Å². The van der Waals surface area contributed by atoms with Crippen molar-refractivity contribution in [2.24, 2.45) is 0 Å². The molecule has 1 aromatic rings. The summed E-state index contributed by atoms with van der Waals surface area (Å²) in [5, 5.41) is 0. The highest BCUT2D eigenvalue weighted by Crippen LogP contribution is 2.35. The first-order valence-electron chi connectivity index (χ1n) is 7.48.